The zero-order chi connectivity index (χ0) is 20.9. The molecule has 2 heterocycles. The summed E-state index contributed by atoms with van der Waals surface area (Å²) in [6, 6.07) is 13.9. The van der Waals surface area contributed by atoms with E-state index in [0.29, 0.717) is 17.7 Å². The van der Waals surface area contributed by atoms with Crippen LogP contribution in [-0.4, -0.2) is 49.5 Å². The number of fused-ring (bicyclic) bond motifs is 1. The Kier molecular flexibility index (Phi) is 6.33. The van der Waals surface area contributed by atoms with Crippen LogP contribution in [0, 0.1) is 0 Å². The number of rotatable bonds is 6. The molecule has 0 aliphatic carbocycles. The topological polar surface area (TPSA) is 70.7 Å². The van der Waals surface area contributed by atoms with Crippen LogP contribution in [0.25, 0.3) is 0 Å². The highest BCUT2D eigenvalue weighted by Crippen LogP contribution is 2.24. The molecule has 2 aliphatic heterocycles. The van der Waals surface area contributed by atoms with E-state index < -0.39 is 0 Å². The van der Waals surface area contributed by atoms with Gasteiger partial charge in [-0.3, -0.25) is 9.59 Å². The zero-order valence-electron chi connectivity index (χ0n) is 17.4. The van der Waals surface area contributed by atoms with Crippen molar-refractivity contribution < 1.29 is 14.3 Å². The van der Waals surface area contributed by atoms with Crippen LogP contribution in [0.15, 0.2) is 42.5 Å². The van der Waals surface area contributed by atoms with E-state index in [1.54, 1.807) is 13.2 Å². The maximum Gasteiger partial charge on any atom is 0.251 e. The summed E-state index contributed by atoms with van der Waals surface area (Å²) in [5.74, 6) is 0.764. The largest absolute Gasteiger partial charge is 0.497 e. The van der Waals surface area contributed by atoms with Crippen LogP contribution in [0.4, 0.5) is 5.69 Å². The zero-order valence-corrected chi connectivity index (χ0v) is 17.4. The monoisotopic (exact) mass is 407 g/mol. The van der Waals surface area contributed by atoms with Crippen molar-refractivity contribution in [3.05, 3.63) is 59.2 Å². The Hall–Kier alpha value is -2.86. The number of hydrogen-bond acceptors (Lipinski definition) is 4. The van der Waals surface area contributed by atoms with E-state index in [9.17, 15) is 9.59 Å². The maximum atomic E-state index is 12.5. The fraction of sp³-hybridized carbons (Fsp3) is 0.417. The Labute approximate surface area is 177 Å². The normalized spacial score (nSPS) is 17.2. The molecular formula is C24H29N3O3. The lowest BCUT2D eigenvalue weighted by Gasteiger charge is -2.32. The van der Waals surface area contributed by atoms with Crippen molar-refractivity contribution in [1.29, 1.82) is 0 Å². The number of amides is 2. The summed E-state index contributed by atoms with van der Waals surface area (Å²) in [5.41, 5.74) is 4.09. The molecule has 0 saturated carbocycles. The summed E-state index contributed by atoms with van der Waals surface area (Å²) in [4.78, 5) is 26.6. The smallest absolute Gasteiger partial charge is 0.251 e. The maximum absolute atomic E-state index is 12.5. The molecule has 30 heavy (non-hydrogen) atoms. The van der Waals surface area contributed by atoms with Gasteiger partial charge in [0.05, 0.1) is 7.11 Å². The lowest BCUT2D eigenvalue weighted by atomic mass is 9.99. The van der Waals surface area contributed by atoms with Crippen molar-refractivity contribution >= 4 is 17.5 Å². The highest BCUT2D eigenvalue weighted by atomic mass is 16.5. The molecule has 0 spiro atoms. The molecule has 2 aromatic carbocycles. The second-order valence-electron chi connectivity index (χ2n) is 8.11. The summed E-state index contributed by atoms with van der Waals surface area (Å²) in [6.07, 6.45) is 4.28. The molecule has 1 fully saturated rings. The number of likely N-dealkylation sites (tertiary alicyclic amines) is 1. The van der Waals surface area contributed by atoms with Gasteiger partial charge >= 0.3 is 0 Å². The number of carbonyl (C=O) groups excluding carboxylic acids is 2. The number of nitrogens with zero attached hydrogens (tertiary/aromatic N) is 1. The van der Waals surface area contributed by atoms with E-state index in [1.807, 2.05) is 18.2 Å². The van der Waals surface area contributed by atoms with Crippen molar-refractivity contribution in [2.24, 2.45) is 0 Å². The second kappa shape index (κ2) is 9.30. The molecule has 2 N–H and O–H groups in total. The van der Waals surface area contributed by atoms with Crippen molar-refractivity contribution in [1.82, 2.24) is 10.2 Å². The first kappa shape index (κ1) is 20.4. The van der Waals surface area contributed by atoms with Crippen LogP contribution in [-0.2, 0) is 17.6 Å². The van der Waals surface area contributed by atoms with Crippen LogP contribution < -0.4 is 15.4 Å². The van der Waals surface area contributed by atoms with Crippen LogP contribution in [0.5, 0.6) is 5.75 Å². The van der Waals surface area contributed by atoms with Gasteiger partial charge in [-0.25, -0.2) is 0 Å². The Morgan fingerprint density at radius 1 is 1.17 bits per heavy atom. The number of carbonyl (C=O) groups is 2. The summed E-state index contributed by atoms with van der Waals surface area (Å²) < 4.78 is 5.20. The van der Waals surface area contributed by atoms with E-state index >= 15 is 0 Å². The third-order valence-corrected chi connectivity index (χ3v) is 6.04. The van der Waals surface area contributed by atoms with Gasteiger partial charge in [-0.05, 0) is 61.1 Å². The quantitative estimate of drug-likeness (QED) is 0.772. The molecule has 4 rings (SSSR count). The summed E-state index contributed by atoms with van der Waals surface area (Å²) in [5, 5.41) is 6.14. The molecule has 2 amide bonds. The van der Waals surface area contributed by atoms with Gasteiger partial charge in [0.15, 0.2) is 0 Å². The minimum absolute atomic E-state index is 0.0385. The number of ether oxygens (including phenoxy) is 1. The molecule has 0 aromatic heterocycles. The molecular weight excluding hydrogens is 378 g/mol. The van der Waals surface area contributed by atoms with Crippen LogP contribution in [0.3, 0.4) is 0 Å². The number of benzene rings is 2. The Morgan fingerprint density at radius 2 is 2.00 bits per heavy atom. The summed E-state index contributed by atoms with van der Waals surface area (Å²) >= 11 is 0. The third kappa shape index (κ3) is 5.00. The van der Waals surface area contributed by atoms with E-state index in [-0.39, 0.29) is 17.9 Å². The van der Waals surface area contributed by atoms with Gasteiger partial charge in [0.25, 0.3) is 5.91 Å². The van der Waals surface area contributed by atoms with Gasteiger partial charge in [0.1, 0.15) is 5.75 Å². The van der Waals surface area contributed by atoms with Crippen molar-refractivity contribution in [2.75, 3.05) is 32.1 Å². The molecule has 158 valence electrons. The first-order chi connectivity index (χ1) is 14.6. The molecule has 6 heteroatoms. The first-order valence-electron chi connectivity index (χ1n) is 10.7. The molecule has 2 aliphatic rings. The Morgan fingerprint density at radius 3 is 2.80 bits per heavy atom. The number of aryl methyl sites for hydroxylation is 1. The van der Waals surface area contributed by atoms with Crippen LogP contribution in [0.1, 0.15) is 40.7 Å². The van der Waals surface area contributed by atoms with Crippen LogP contribution in [0.2, 0.25) is 0 Å². The molecule has 0 atom stereocenters. The summed E-state index contributed by atoms with van der Waals surface area (Å²) in [7, 11) is 1.60. The van der Waals surface area contributed by atoms with Gasteiger partial charge in [-0.1, -0.05) is 18.2 Å². The van der Waals surface area contributed by atoms with E-state index in [1.165, 1.54) is 11.1 Å². The molecule has 0 radical (unpaired) electrons. The number of anilines is 1. The average molecular weight is 408 g/mol. The lowest BCUT2D eigenvalue weighted by molar-refractivity contribution is -0.116. The first-order valence-corrected chi connectivity index (χ1v) is 10.7. The minimum Gasteiger partial charge on any atom is -0.497 e. The highest BCUT2D eigenvalue weighted by molar-refractivity contribution is 5.95. The number of methoxy groups -OCH3 is 1. The fourth-order valence-electron chi connectivity index (χ4n) is 4.20. The molecule has 1 saturated heterocycles. The minimum atomic E-state index is -0.0385. The van der Waals surface area contributed by atoms with Crippen molar-refractivity contribution in [3.63, 3.8) is 0 Å². The third-order valence-electron chi connectivity index (χ3n) is 6.04. The highest BCUT2D eigenvalue weighted by Gasteiger charge is 2.21. The van der Waals surface area contributed by atoms with Gasteiger partial charge in [0.2, 0.25) is 5.91 Å². The van der Waals surface area contributed by atoms with E-state index in [0.717, 1.165) is 51.0 Å². The molecule has 0 unspecified atom stereocenters. The standard InChI is InChI=1S/C24H29N3O3/c1-30-21-4-2-3-19(16-21)24(29)25-20-10-13-27(14-11-20)12-9-17-5-6-18-7-8-23(28)26-22(18)15-17/h2-6,15-16,20H,7-14H2,1H3,(H,25,29)(H,26,28). The van der Waals surface area contributed by atoms with Crippen LogP contribution >= 0.6 is 0 Å². The Balaban J connectivity index is 1.23. The number of nitrogens with one attached hydrogen (secondary N) is 2. The van der Waals surface area contributed by atoms with E-state index in [4.69, 9.17) is 4.74 Å². The molecule has 6 nitrogen and oxygen atoms in total. The number of piperidine rings is 1. The molecule has 2 aromatic rings. The SMILES string of the molecule is COc1cccc(C(=O)NC2CCN(CCc3ccc4c(c3)NC(=O)CC4)CC2)c1. The Bertz CT molecular complexity index is 920. The molecule has 0 bridgehead atoms. The van der Waals surface area contributed by atoms with Crippen molar-refractivity contribution in [2.45, 2.75) is 38.1 Å². The fourth-order valence-corrected chi connectivity index (χ4v) is 4.20. The lowest BCUT2D eigenvalue weighted by Crippen LogP contribution is -2.45. The predicted octanol–water partition coefficient (Wildman–Crippen LogP) is 3.02. The predicted molar refractivity (Wildman–Crippen MR) is 117 cm³/mol. The van der Waals surface area contributed by atoms with Gasteiger partial charge in [0, 0.05) is 43.3 Å². The summed E-state index contributed by atoms with van der Waals surface area (Å²) in [6.45, 7) is 2.94. The number of hydrogen-bond donors (Lipinski definition) is 2. The van der Waals surface area contributed by atoms with Gasteiger partial charge < -0.3 is 20.3 Å². The van der Waals surface area contributed by atoms with Crippen molar-refractivity contribution in [3.8, 4) is 5.75 Å². The van der Waals surface area contributed by atoms with Gasteiger partial charge in [-0.2, -0.15) is 0 Å². The second-order valence-corrected chi connectivity index (χ2v) is 8.11. The van der Waals surface area contributed by atoms with E-state index in [2.05, 4.69) is 33.7 Å². The van der Waals surface area contributed by atoms with Gasteiger partial charge in [-0.15, -0.1) is 0 Å². The average Bonchev–Trinajstić information content (AvgIpc) is 2.78.